The maximum Gasteiger partial charge on any atom is 0.337 e. The van der Waals surface area contributed by atoms with Crippen LogP contribution in [0.5, 0.6) is 0 Å². The van der Waals surface area contributed by atoms with Crippen molar-refractivity contribution in [2.45, 2.75) is 74.7 Å². The van der Waals surface area contributed by atoms with Crippen molar-refractivity contribution in [3.05, 3.63) is 0 Å². The summed E-state index contributed by atoms with van der Waals surface area (Å²) in [6, 6.07) is 0. The SMILES string of the molecule is COC(C)(OC)C(O)(OC)OC.COC(C)(OC)C(O)(OC)OC.COC(C)(OC)C(O)(OC)OC.COC(C)(OC)C(O)(OC)OC.[Ti]. The van der Waals surface area contributed by atoms with Crippen molar-refractivity contribution in [1.82, 2.24) is 0 Å². The normalized spacial score (nSPS) is 13.2. The van der Waals surface area contributed by atoms with Crippen LogP contribution < -0.4 is 0 Å². The van der Waals surface area contributed by atoms with Crippen molar-refractivity contribution in [3.8, 4) is 0 Å². The molecule has 0 aliphatic rings. The van der Waals surface area contributed by atoms with Crippen LogP contribution in [0.3, 0.4) is 0 Å². The smallest absolute Gasteiger partial charge is 0.337 e. The molecule has 0 unspecified atom stereocenters. The predicted octanol–water partition coefficient (Wildman–Crippen LogP) is -0.265. The molecule has 0 heterocycles. The largest absolute Gasteiger partial charge is 0.347 e. The van der Waals surface area contributed by atoms with E-state index in [1.165, 1.54) is 141 Å². The van der Waals surface area contributed by atoms with E-state index >= 15 is 0 Å². The van der Waals surface area contributed by atoms with E-state index in [2.05, 4.69) is 0 Å². The summed E-state index contributed by atoms with van der Waals surface area (Å²) in [7, 11) is 21.4. The Morgan fingerprint density at radius 1 is 0.224 bits per heavy atom. The first-order chi connectivity index (χ1) is 22.0. The molecule has 0 radical (unpaired) electrons. The third-order valence-electron chi connectivity index (χ3n) is 7.63. The summed E-state index contributed by atoms with van der Waals surface area (Å²) in [4.78, 5) is 0. The van der Waals surface area contributed by atoms with E-state index < -0.39 is 47.0 Å². The van der Waals surface area contributed by atoms with Gasteiger partial charge in [0.15, 0.2) is 0 Å². The van der Waals surface area contributed by atoms with Gasteiger partial charge in [0.25, 0.3) is 0 Å². The average Bonchev–Trinajstić information content (AvgIpc) is 3.15. The van der Waals surface area contributed by atoms with E-state index in [1.807, 2.05) is 0 Å². The van der Waals surface area contributed by atoms with Crippen LogP contribution in [0.25, 0.3) is 0 Å². The summed E-state index contributed by atoms with van der Waals surface area (Å²) in [6.45, 7) is 6.00. The Kier molecular flexibility index (Phi) is 30.7. The van der Waals surface area contributed by atoms with Gasteiger partial charge < -0.3 is 96.2 Å². The summed E-state index contributed by atoms with van der Waals surface area (Å²) in [5.41, 5.74) is 0. The van der Waals surface area contributed by atoms with Gasteiger partial charge in [0.1, 0.15) is 0 Å². The molecule has 0 bridgehead atoms. The van der Waals surface area contributed by atoms with Crippen LogP contribution in [0.15, 0.2) is 0 Å². The fourth-order valence-corrected chi connectivity index (χ4v) is 3.18. The summed E-state index contributed by atoms with van der Waals surface area (Å²) in [5, 5.41) is 38.6. The Morgan fingerprint density at radius 2 is 0.306 bits per heavy atom. The second-order valence-corrected chi connectivity index (χ2v) is 9.38. The van der Waals surface area contributed by atoms with Gasteiger partial charge >= 0.3 is 23.9 Å². The van der Waals surface area contributed by atoms with Gasteiger partial charge in [-0.2, -0.15) is 0 Å². The van der Waals surface area contributed by atoms with Crippen molar-refractivity contribution in [1.29, 1.82) is 0 Å². The fraction of sp³-hybridized carbons (Fsp3) is 1.00. The van der Waals surface area contributed by atoms with Gasteiger partial charge in [0.05, 0.1) is 0 Å². The predicted molar refractivity (Wildman–Crippen MR) is 166 cm³/mol. The first-order valence-electron chi connectivity index (χ1n) is 13.7. The molecule has 0 saturated heterocycles. The van der Waals surface area contributed by atoms with Gasteiger partial charge in [0.2, 0.25) is 23.1 Å². The molecule has 300 valence electrons. The molecule has 20 nitrogen and oxygen atoms in total. The maximum atomic E-state index is 9.65. The molecule has 0 aromatic carbocycles. The van der Waals surface area contributed by atoms with Crippen molar-refractivity contribution in [2.24, 2.45) is 0 Å². The minimum absolute atomic E-state index is 0. The van der Waals surface area contributed by atoms with Crippen molar-refractivity contribution in [2.75, 3.05) is 114 Å². The number of aliphatic hydroxyl groups is 4. The van der Waals surface area contributed by atoms with Crippen LogP contribution in [0, 0.1) is 0 Å². The quantitative estimate of drug-likeness (QED) is 0.0923. The number of hydrogen-bond donors (Lipinski definition) is 4. The van der Waals surface area contributed by atoms with Gasteiger partial charge in [-0.25, -0.2) is 0 Å². The minimum atomic E-state index is -1.91. The summed E-state index contributed by atoms with van der Waals surface area (Å²) >= 11 is 0. The van der Waals surface area contributed by atoms with Crippen LogP contribution in [0.1, 0.15) is 27.7 Å². The van der Waals surface area contributed by atoms with E-state index in [0.717, 1.165) is 0 Å². The second-order valence-electron chi connectivity index (χ2n) is 9.38. The molecule has 0 atom stereocenters. The summed E-state index contributed by atoms with van der Waals surface area (Å²) in [6.07, 6.45) is 0. The van der Waals surface area contributed by atoms with E-state index in [9.17, 15) is 20.4 Å². The minimum Gasteiger partial charge on any atom is -0.347 e. The Balaban J connectivity index is -0.000000174. The van der Waals surface area contributed by atoms with Crippen molar-refractivity contribution < 1.29 is 118 Å². The van der Waals surface area contributed by atoms with Crippen molar-refractivity contribution in [3.63, 3.8) is 0 Å². The van der Waals surface area contributed by atoms with E-state index in [-0.39, 0.29) is 21.7 Å². The molecule has 0 aromatic rings. The molecular formula is C28H64O20Ti. The molecule has 21 heteroatoms. The van der Waals surface area contributed by atoms with Gasteiger partial charge in [-0.3, -0.25) is 0 Å². The molecule has 0 spiro atoms. The molecule has 0 aliphatic carbocycles. The van der Waals surface area contributed by atoms with E-state index in [0.29, 0.717) is 0 Å². The molecule has 0 saturated carbocycles. The van der Waals surface area contributed by atoms with Crippen LogP contribution in [-0.4, -0.2) is 181 Å². The number of methoxy groups -OCH3 is 16. The zero-order valence-electron chi connectivity index (χ0n) is 32.8. The van der Waals surface area contributed by atoms with Gasteiger partial charge in [-0.1, -0.05) is 0 Å². The third kappa shape index (κ3) is 14.3. The average molecular weight is 769 g/mol. The molecule has 0 amide bonds. The van der Waals surface area contributed by atoms with Crippen LogP contribution >= 0.6 is 0 Å². The van der Waals surface area contributed by atoms with Crippen LogP contribution in [-0.2, 0) is 97.5 Å². The number of rotatable bonds is 20. The molecule has 0 aromatic heterocycles. The Hall–Kier alpha value is -0.0857. The Morgan fingerprint density at radius 3 is 0.327 bits per heavy atom. The molecule has 0 rings (SSSR count). The van der Waals surface area contributed by atoms with Crippen LogP contribution in [0.4, 0.5) is 0 Å². The van der Waals surface area contributed by atoms with E-state index in [4.69, 9.17) is 75.8 Å². The summed E-state index contributed by atoms with van der Waals surface area (Å²) in [5.74, 6) is -13.0. The maximum absolute atomic E-state index is 9.65. The monoisotopic (exact) mass is 768 g/mol. The second kappa shape index (κ2) is 25.8. The molecule has 0 fully saturated rings. The Bertz CT molecular complexity index is 582. The van der Waals surface area contributed by atoms with Gasteiger partial charge in [-0.15, -0.1) is 0 Å². The molecule has 4 N–H and O–H groups in total. The third-order valence-corrected chi connectivity index (χ3v) is 7.63. The fourth-order valence-electron chi connectivity index (χ4n) is 3.18. The number of ether oxygens (including phenoxy) is 16. The van der Waals surface area contributed by atoms with Crippen molar-refractivity contribution >= 4 is 0 Å². The van der Waals surface area contributed by atoms with Gasteiger partial charge in [0, 0.05) is 135 Å². The Labute approximate surface area is 306 Å². The first-order valence-corrected chi connectivity index (χ1v) is 13.7. The number of hydrogen-bond acceptors (Lipinski definition) is 20. The van der Waals surface area contributed by atoms with Gasteiger partial charge in [-0.05, 0) is 27.7 Å². The van der Waals surface area contributed by atoms with Crippen LogP contribution in [0.2, 0.25) is 0 Å². The molecular weight excluding hydrogens is 704 g/mol. The topological polar surface area (TPSA) is 229 Å². The summed E-state index contributed by atoms with van der Waals surface area (Å²) < 4.78 is 77.0. The zero-order chi connectivity index (χ0) is 39.3. The first kappa shape index (κ1) is 58.2. The van der Waals surface area contributed by atoms with E-state index in [1.54, 1.807) is 0 Å². The zero-order valence-corrected chi connectivity index (χ0v) is 34.4. The standard InChI is InChI=1S/4C7H16O5.Ti/c4*1-6(9-2,10-3)7(8,11-4)12-5;/h4*8H,1-5H3;. The molecule has 49 heavy (non-hydrogen) atoms. The molecule has 0 aliphatic heterocycles.